The second-order valence-electron chi connectivity index (χ2n) is 20.4. The maximum absolute atomic E-state index is 18.0. The molecule has 2 saturated heterocycles. The van der Waals surface area contributed by atoms with E-state index >= 15 is 8.78 Å². The number of ether oxygens (including phenoxy) is 1. The highest BCUT2D eigenvalue weighted by atomic mass is 28.4. The van der Waals surface area contributed by atoms with Crippen molar-refractivity contribution in [1.82, 2.24) is 25.7 Å². The molecule has 15 heteroatoms. The second-order valence-corrected chi connectivity index (χ2v) is 31.3. The summed E-state index contributed by atoms with van der Waals surface area (Å²) in [4.78, 5) is 14.1. The maximum atomic E-state index is 18.0. The number of alkyl halides is 3. The van der Waals surface area contributed by atoms with Crippen LogP contribution in [0.25, 0.3) is 32.9 Å². The van der Waals surface area contributed by atoms with Crippen molar-refractivity contribution in [1.29, 1.82) is 0 Å². The van der Waals surface area contributed by atoms with Gasteiger partial charge in [-0.25, -0.2) is 27.4 Å². The summed E-state index contributed by atoms with van der Waals surface area (Å²) in [5.74, 6) is -0.438. The number of anilines is 1. The largest absolute Gasteiger partial charge is 0.543 e. The van der Waals surface area contributed by atoms with Gasteiger partial charge in [0.2, 0.25) is 0 Å². The third-order valence-corrected chi connectivity index (χ3v) is 26.6. The van der Waals surface area contributed by atoms with E-state index < -0.39 is 46.7 Å². The highest BCUT2D eigenvalue weighted by Crippen LogP contribution is 2.46. The van der Waals surface area contributed by atoms with Gasteiger partial charge in [-0.2, -0.15) is 9.97 Å². The van der Waals surface area contributed by atoms with Crippen LogP contribution < -0.4 is 24.9 Å². The molecule has 0 amide bonds. The lowest BCUT2D eigenvalue weighted by atomic mass is 9.95. The summed E-state index contributed by atoms with van der Waals surface area (Å²) in [6, 6.07) is 6.62. The van der Waals surface area contributed by atoms with E-state index in [1.165, 1.54) is 17.3 Å². The third kappa shape index (κ3) is 10.5. The Labute approximate surface area is 385 Å². The second kappa shape index (κ2) is 20.6. The van der Waals surface area contributed by atoms with Gasteiger partial charge in [0.05, 0.1) is 24.1 Å². The molecule has 0 spiro atoms. The van der Waals surface area contributed by atoms with Crippen molar-refractivity contribution in [3.05, 3.63) is 47.7 Å². The molecule has 0 saturated carbocycles. The van der Waals surface area contributed by atoms with E-state index in [0.717, 1.165) is 6.42 Å². The zero-order chi connectivity index (χ0) is 47.6. The van der Waals surface area contributed by atoms with Gasteiger partial charge < -0.3 is 14.5 Å². The van der Waals surface area contributed by atoms with E-state index in [9.17, 15) is 13.2 Å². The SMILES string of the molecule is CC(C)[Si](C#Cc1c(F)ccc2cc(O[Si](C(C)C)(C(C)C)C(C)C)cc(-c3ncc4c(N5CCCC(F)(F)CN5)nc(OC[C@@H]5CCCNC[C@H](F)C5)nc4c3F)c12)(C(C)C)C(C)C. The zero-order valence-electron chi connectivity index (χ0n) is 40.6. The average molecular weight is 939 g/mol. The van der Waals surface area contributed by atoms with Gasteiger partial charge in [-0.15, -0.1) is 5.54 Å². The number of nitrogens with zero attached hydrogens (tertiary/aromatic N) is 4. The number of nitrogens with one attached hydrogen (secondary N) is 2. The molecule has 0 unspecified atom stereocenters. The number of pyridine rings is 1. The molecule has 8 nitrogen and oxygen atoms in total. The van der Waals surface area contributed by atoms with Crippen LogP contribution in [0.4, 0.5) is 27.8 Å². The molecule has 2 fully saturated rings. The van der Waals surface area contributed by atoms with E-state index in [-0.39, 0.29) is 118 Å². The first kappa shape index (κ1) is 50.6. The fraction of sp³-hybridized carbons (Fsp3) is 0.620. The molecule has 4 heterocycles. The number of hydrogen-bond acceptors (Lipinski definition) is 8. The molecular weight excluding hydrogens is 868 g/mol. The molecule has 356 valence electrons. The summed E-state index contributed by atoms with van der Waals surface area (Å²) >= 11 is 0. The van der Waals surface area contributed by atoms with Crippen LogP contribution in [0.2, 0.25) is 33.2 Å². The van der Waals surface area contributed by atoms with Crippen LogP contribution in [0.3, 0.4) is 0 Å². The van der Waals surface area contributed by atoms with E-state index in [0.29, 0.717) is 29.5 Å². The molecule has 0 bridgehead atoms. The summed E-state index contributed by atoms with van der Waals surface area (Å²) in [6.45, 7) is 26.9. The lowest BCUT2D eigenvalue weighted by Crippen LogP contribution is -2.50. The summed E-state index contributed by atoms with van der Waals surface area (Å²) in [6.07, 6.45) is 1.99. The van der Waals surface area contributed by atoms with Crippen molar-refractivity contribution < 1.29 is 31.1 Å². The Kier molecular flexibility index (Phi) is 16.0. The minimum atomic E-state index is -2.96. The number of aromatic nitrogens is 3. The summed E-state index contributed by atoms with van der Waals surface area (Å²) in [5, 5.41) is 5.80. The van der Waals surface area contributed by atoms with Crippen molar-refractivity contribution in [2.24, 2.45) is 5.92 Å². The maximum Gasteiger partial charge on any atom is 0.319 e. The fourth-order valence-electron chi connectivity index (χ4n) is 11.2. The molecule has 6 rings (SSSR count). The molecule has 0 aliphatic carbocycles. The number of halogens is 5. The number of hydrogen-bond donors (Lipinski definition) is 2. The van der Waals surface area contributed by atoms with E-state index in [4.69, 9.17) is 14.1 Å². The van der Waals surface area contributed by atoms with Crippen molar-refractivity contribution in [3.8, 4) is 34.5 Å². The van der Waals surface area contributed by atoms with Gasteiger partial charge >= 0.3 is 6.01 Å². The van der Waals surface area contributed by atoms with Crippen LogP contribution in [-0.4, -0.2) is 76.2 Å². The van der Waals surface area contributed by atoms with Crippen LogP contribution in [0.5, 0.6) is 11.8 Å². The fourth-order valence-corrected chi connectivity index (χ4v) is 21.6. The van der Waals surface area contributed by atoms with Crippen molar-refractivity contribution in [2.75, 3.05) is 37.8 Å². The Morgan fingerprint density at radius 2 is 1.57 bits per heavy atom. The molecule has 2 aromatic carbocycles. The molecule has 0 radical (unpaired) electrons. The van der Waals surface area contributed by atoms with Gasteiger partial charge in [-0.05, 0) is 95.0 Å². The minimum absolute atomic E-state index is 0.0862. The lowest BCUT2D eigenvalue weighted by molar-refractivity contribution is -0.00178. The standard InChI is InChI=1S/C50H71F5N6O2Si2/c1-30(2)64(31(3)4,32(5)6)22-18-40-43(52)17-16-37-24-39(63-65(33(7)8,34(9)10)35(11)12)25-41(44(37)40)46-45(53)47-42(27-57-46)48(61-21-14-19-50(54,55)29-58-61)60-49(59-47)62-28-36-15-13-20-56-26-38(51)23-36/h16-17,24-25,27,30-36,38,56,58H,13-15,19-21,23,26,28-29H2,1-12H3/t36-,38-/m1/s1. The highest BCUT2D eigenvalue weighted by Gasteiger charge is 2.47. The molecule has 4 aromatic rings. The lowest BCUT2D eigenvalue weighted by Gasteiger charge is -2.42. The predicted octanol–water partition coefficient (Wildman–Crippen LogP) is 13.1. The Bertz CT molecular complexity index is 2320. The number of benzene rings is 2. The van der Waals surface area contributed by atoms with E-state index in [1.807, 2.05) is 6.07 Å². The minimum Gasteiger partial charge on any atom is -0.543 e. The monoisotopic (exact) mass is 939 g/mol. The molecule has 2 atom stereocenters. The van der Waals surface area contributed by atoms with Crippen molar-refractivity contribution >= 4 is 43.9 Å². The average Bonchev–Trinajstić information content (AvgIpc) is 3.40. The predicted molar refractivity (Wildman–Crippen MR) is 260 cm³/mol. The molecule has 65 heavy (non-hydrogen) atoms. The van der Waals surface area contributed by atoms with Crippen LogP contribution in [0.1, 0.15) is 121 Å². The van der Waals surface area contributed by atoms with Crippen LogP contribution in [0, 0.1) is 29.0 Å². The molecule has 2 N–H and O–H groups in total. The summed E-state index contributed by atoms with van der Waals surface area (Å²) in [7, 11) is -4.93. The van der Waals surface area contributed by atoms with Crippen LogP contribution in [-0.2, 0) is 0 Å². The number of fused-ring (bicyclic) bond motifs is 2. The first-order chi connectivity index (χ1) is 30.6. The van der Waals surface area contributed by atoms with E-state index in [2.05, 4.69) is 115 Å². The number of rotatable bonds is 13. The van der Waals surface area contributed by atoms with Gasteiger partial charge in [0, 0.05) is 36.7 Å². The first-order valence-electron chi connectivity index (χ1n) is 23.8. The van der Waals surface area contributed by atoms with Gasteiger partial charge in [0.1, 0.15) is 37.0 Å². The topological polar surface area (TPSA) is 84.4 Å². The zero-order valence-corrected chi connectivity index (χ0v) is 42.6. The van der Waals surface area contributed by atoms with Gasteiger partial charge in [-0.1, -0.05) is 95.1 Å². The smallest absolute Gasteiger partial charge is 0.319 e. The number of hydrazine groups is 1. The molecule has 2 aliphatic heterocycles. The Morgan fingerprint density at radius 1 is 0.892 bits per heavy atom. The molecular formula is C50H71F5N6O2Si2. The summed E-state index contributed by atoms with van der Waals surface area (Å²) < 4.78 is 92.1. The highest BCUT2D eigenvalue weighted by molar-refractivity contribution is 6.90. The van der Waals surface area contributed by atoms with Crippen molar-refractivity contribution in [2.45, 2.75) is 161 Å². The van der Waals surface area contributed by atoms with E-state index in [1.54, 1.807) is 12.1 Å². The molecule has 2 aliphatic rings. The van der Waals surface area contributed by atoms with Gasteiger partial charge in [-0.3, -0.25) is 9.99 Å². The third-order valence-electron chi connectivity index (χ3n) is 14.3. The van der Waals surface area contributed by atoms with Crippen molar-refractivity contribution in [3.63, 3.8) is 0 Å². The van der Waals surface area contributed by atoms with Crippen LogP contribution >= 0.6 is 0 Å². The summed E-state index contributed by atoms with van der Waals surface area (Å²) in [5.41, 5.74) is 8.22. The Balaban J connectivity index is 1.63. The first-order valence-corrected chi connectivity index (χ1v) is 28.2. The quantitative estimate of drug-likeness (QED) is 0.0779. The van der Waals surface area contributed by atoms with Gasteiger partial charge in [0.25, 0.3) is 14.2 Å². The van der Waals surface area contributed by atoms with Crippen LogP contribution in [0.15, 0.2) is 30.5 Å². The van der Waals surface area contributed by atoms with Gasteiger partial charge in [0.15, 0.2) is 11.6 Å². The Hall–Kier alpha value is -3.85. The Morgan fingerprint density at radius 3 is 2.22 bits per heavy atom. The molecule has 2 aromatic heterocycles. The normalized spacial score (nSPS) is 19.0.